The van der Waals surface area contributed by atoms with Crippen LogP contribution in [0.3, 0.4) is 0 Å². The highest BCUT2D eigenvalue weighted by Gasteiger charge is 2.56. The first-order chi connectivity index (χ1) is 19.2. The molecule has 7 nitrogen and oxygen atoms in total. The van der Waals surface area contributed by atoms with Crippen molar-refractivity contribution in [1.82, 2.24) is 4.98 Å². The molecule has 1 saturated heterocycles. The molecule has 0 aliphatic carbocycles. The molecular weight excluding hydrogens is 591 g/mol. The third-order valence-corrected chi connectivity index (χ3v) is 10.0. The molecule has 0 bridgehead atoms. The Kier molecular flexibility index (Phi) is 7.16. The van der Waals surface area contributed by atoms with Crippen molar-refractivity contribution in [2.75, 3.05) is 12.0 Å². The maximum absolute atomic E-state index is 13.9. The molecule has 0 saturated carbocycles. The lowest BCUT2D eigenvalue weighted by molar-refractivity contribution is -0.122. The normalized spacial score (nSPS) is 19.9. The highest BCUT2D eigenvalue weighted by molar-refractivity contribution is 8.00. The van der Waals surface area contributed by atoms with Crippen molar-refractivity contribution in [3.63, 3.8) is 0 Å². The lowest BCUT2D eigenvalue weighted by Gasteiger charge is -2.30. The highest BCUT2D eigenvalue weighted by atomic mass is 35.5. The number of aromatic nitrogens is 1. The van der Waals surface area contributed by atoms with Crippen LogP contribution in [0.25, 0.3) is 0 Å². The van der Waals surface area contributed by atoms with Gasteiger partial charge in [0.15, 0.2) is 11.5 Å². The maximum atomic E-state index is 13.9. The minimum atomic E-state index is -0.692. The lowest BCUT2D eigenvalue weighted by atomic mass is 9.83. The van der Waals surface area contributed by atoms with Crippen molar-refractivity contribution in [2.45, 2.75) is 29.7 Å². The zero-order valence-corrected chi connectivity index (χ0v) is 24.4. The Bertz CT molecular complexity index is 1700. The van der Waals surface area contributed by atoms with Gasteiger partial charge in [-0.15, -0.1) is 0 Å². The van der Waals surface area contributed by atoms with Gasteiger partial charge in [0.2, 0.25) is 11.8 Å². The van der Waals surface area contributed by atoms with E-state index in [1.165, 1.54) is 23.8 Å². The van der Waals surface area contributed by atoms with Crippen molar-refractivity contribution in [1.29, 1.82) is 0 Å². The number of nitrogens with one attached hydrogen (secondary N) is 1. The summed E-state index contributed by atoms with van der Waals surface area (Å²) in [5.74, 6) is -0.865. The fraction of sp³-hybridized carbons (Fsp3) is 0.207. The largest absolute Gasteiger partial charge is 0.493 e. The fourth-order valence-electron chi connectivity index (χ4n) is 5.12. The molecule has 0 spiro atoms. The maximum Gasteiger partial charge on any atom is 0.305 e. The van der Waals surface area contributed by atoms with Crippen LogP contribution in [-0.4, -0.2) is 29.2 Å². The third-order valence-electron chi connectivity index (χ3n) is 7.06. The summed E-state index contributed by atoms with van der Waals surface area (Å²) in [5, 5.41) is 0.966. The van der Waals surface area contributed by atoms with Crippen molar-refractivity contribution in [3.05, 3.63) is 102 Å². The molecule has 40 heavy (non-hydrogen) atoms. The van der Waals surface area contributed by atoms with Crippen molar-refractivity contribution in [2.24, 2.45) is 5.92 Å². The number of aryl methyl sites for hydroxylation is 1. The van der Waals surface area contributed by atoms with E-state index in [2.05, 4.69) is 4.98 Å². The fourth-order valence-corrected chi connectivity index (χ4v) is 8.09. The Morgan fingerprint density at radius 3 is 2.45 bits per heavy atom. The average molecular weight is 614 g/mol. The number of fused-ring (bicyclic) bond motifs is 2. The SMILES string of the molecule is COc1cc(C2c3sc(=O)[nH]c3SC3C(=O)N(c4ccc(C)cc4)C(=O)C32)ccc1OCc1ccc(Cl)cc1Cl. The molecule has 2 aliphatic heterocycles. The van der Waals surface area contributed by atoms with Gasteiger partial charge in [0.25, 0.3) is 0 Å². The zero-order chi connectivity index (χ0) is 28.1. The number of hydrogen-bond acceptors (Lipinski definition) is 7. The van der Waals surface area contributed by atoms with Crippen LogP contribution in [0.15, 0.2) is 70.5 Å². The lowest BCUT2D eigenvalue weighted by Crippen LogP contribution is -2.32. The Balaban J connectivity index is 1.37. The van der Waals surface area contributed by atoms with Crippen molar-refractivity contribution in [3.8, 4) is 11.5 Å². The van der Waals surface area contributed by atoms with Crippen LogP contribution in [0.1, 0.15) is 27.5 Å². The summed E-state index contributed by atoms with van der Waals surface area (Å²) in [4.78, 5) is 44.5. The molecule has 2 amide bonds. The summed E-state index contributed by atoms with van der Waals surface area (Å²) in [6.45, 7) is 2.14. The number of thioether (sulfide) groups is 1. The first-order valence-electron chi connectivity index (χ1n) is 12.3. The molecule has 3 unspecified atom stereocenters. The number of amides is 2. The number of halogens is 2. The molecule has 0 radical (unpaired) electrons. The number of rotatable bonds is 6. The van der Waals surface area contributed by atoms with Crippen LogP contribution in [0, 0.1) is 12.8 Å². The number of carbonyl (C=O) groups is 2. The second-order valence-electron chi connectivity index (χ2n) is 9.53. The van der Waals surface area contributed by atoms with E-state index in [1.54, 1.807) is 42.5 Å². The van der Waals surface area contributed by atoms with Gasteiger partial charge in [0.1, 0.15) is 11.9 Å². The van der Waals surface area contributed by atoms with Crippen LogP contribution in [-0.2, 0) is 16.2 Å². The van der Waals surface area contributed by atoms with E-state index in [0.29, 0.717) is 32.3 Å². The summed E-state index contributed by atoms with van der Waals surface area (Å²) < 4.78 is 11.7. The van der Waals surface area contributed by atoms with Crippen LogP contribution in [0.4, 0.5) is 5.69 Å². The molecule has 204 valence electrons. The Labute approximate surface area is 248 Å². The summed E-state index contributed by atoms with van der Waals surface area (Å²) in [6, 6.07) is 17.9. The average Bonchev–Trinajstić information content (AvgIpc) is 3.43. The van der Waals surface area contributed by atoms with Crippen LogP contribution >= 0.6 is 46.3 Å². The van der Waals surface area contributed by atoms with Gasteiger partial charge in [-0.2, -0.15) is 0 Å². The predicted molar refractivity (Wildman–Crippen MR) is 157 cm³/mol. The predicted octanol–water partition coefficient (Wildman–Crippen LogP) is 6.44. The molecule has 3 heterocycles. The smallest absolute Gasteiger partial charge is 0.305 e. The number of H-pyrrole nitrogens is 1. The molecule has 2 aliphatic rings. The summed E-state index contributed by atoms with van der Waals surface area (Å²) in [5.41, 5.74) is 3.07. The summed E-state index contributed by atoms with van der Waals surface area (Å²) in [6.07, 6.45) is 0. The van der Waals surface area contributed by atoms with Gasteiger partial charge in [-0.1, -0.05) is 76.1 Å². The molecule has 1 fully saturated rings. The van der Waals surface area contributed by atoms with E-state index in [9.17, 15) is 14.4 Å². The second kappa shape index (κ2) is 10.6. The number of benzene rings is 3. The number of thiazole rings is 1. The molecule has 1 N–H and O–H groups in total. The number of imide groups is 1. The number of ether oxygens (including phenoxy) is 2. The van der Waals surface area contributed by atoms with E-state index >= 15 is 0 Å². The first kappa shape index (κ1) is 27.0. The minimum Gasteiger partial charge on any atom is -0.493 e. The quantitative estimate of drug-likeness (QED) is 0.252. The monoisotopic (exact) mass is 612 g/mol. The zero-order valence-electron chi connectivity index (χ0n) is 21.3. The van der Waals surface area contributed by atoms with Gasteiger partial charge in [-0.25, -0.2) is 4.90 Å². The van der Waals surface area contributed by atoms with E-state index in [-0.39, 0.29) is 23.3 Å². The number of aromatic amines is 1. The Morgan fingerprint density at radius 1 is 0.950 bits per heavy atom. The number of nitrogens with zero attached hydrogens (tertiary/aromatic N) is 1. The number of carbonyl (C=O) groups excluding carboxylic acids is 2. The second-order valence-corrected chi connectivity index (χ2v) is 12.5. The number of hydrogen-bond donors (Lipinski definition) is 1. The third kappa shape index (κ3) is 4.71. The Hall–Kier alpha value is -3.24. The van der Waals surface area contributed by atoms with Crippen LogP contribution < -0.4 is 19.2 Å². The van der Waals surface area contributed by atoms with Gasteiger partial charge >= 0.3 is 4.87 Å². The molecule has 4 aromatic rings. The van der Waals surface area contributed by atoms with E-state index in [0.717, 1.165) is 32.9 Å². The molecule has 11 heteroatoms. The summed E-state index contributed by atoms with van der Waals surface area (Å²) >= 11 is 14.6. The molecule has 6 rings (SSSR count). The van der Waals surface area contributed by atoms with Gasteiger partial charge in [0.05, 0.1) is 23.7 Å². The van der Waals surface area contributed by atoms with Crippen LogP contribution in [0.5, 0.6) is 11.5 Å². The van der Waals surface area contributed by atoms with Gasteiger partial charge in [-0.05, 0) is 48.9 Å². The number of anilines is 1. The summed E-state index contributed by atoms with van der Waals surface area (Å²) in [7, 11) is 1.53. The van der Waals surface area contributed by atoms with Gasteiger partial charge < -0.3 is 14.5 Å². The minimum absolute atomic E-state index is 0.193. The van der Waals surface area contributed by atoms with Crippen molar-refractivity contribution < 1.29 is 19.1 Å². The van der Waals surface area contributed by atoms with Gasteiger partial charge in [-0.3, -0.25) is 14.4 Å². The van der Waals surface area contributed by atoms with E-state index in [1.807, 2.05) is 25.1 Å². The molecule has 1 aromatic heterocycles. The molecular formula is C29H22Cl2N2O5S2. The number of methoxy groups -OCH3 is 1. The van der Waals surface area contributed by atoms with E-state index in [4.69, 9.17) is 32.7 Å². The van der Waals surface area contributed by atoms with Crippen molar-refractivity contribution >= 4 is 63.8 Å². The molecule has 3 atom stereocenters. The highest BCUT2D eigenvalue weighted by Crippen LogP contribution is 2.53. The molecule has 3 aromatic carbocycles. The van der Waals surface area contributed by atoms with E-state index < -0.39 is 17.1 Å². The van der Waals surface area contributed by atoms with Crippen LogP contribution in [0.2, 0.25) is 10.0 Å². The topological polar surface area (TPSA) is 88.7 Å². The first-order valence-corrected chi connectivity index (χ1v) is 14.8. The Morgan fingerprint density at radius 2 is 1.73 bits per heavy atom. The van der Waals surface area contributed by atoms with Gasteiger partial charge in [0, 0.05) is 26.4 Å². The standard InChI is InChI=1S/C29H22Cl2N2O5S2/c1-14-3-8-18(9-4-14)33-27(34)23-22(24-26(32-29(36)40-24)39-25(23)28(33)35)15-6-10-20(21(11-15)37-2)38-13-16-5-7-17(30)12-19(16)31/h3-12,22-23,25H,13H2,1-2H3,(H,32,36).